The quantitative estimate of drug-likeness (QED) is 0.773. The molecule has 2 heterocycles. The molecule has 2 aromatic rings. The minimum absolute atomic E-state index is 0.588. The summed E-state index contributed by atoms with van der Waals surface area (Å²) in [6.07, 6.45) is 4.58. The zero-order valence-electron chi connectivity index (χ0n) is 16.7. The molecule has 0 aliphatic carbocycles. The van der Waals surface area contributed by atoms with Crippen molar-refractivity contribution in [3.8, 4) is 0 Å². The second-order valence-corrected chi connectivity index (χ2v) is 8.15. The highest BCUT2D eigenvalue weighted by molar-refractivity contribution is 5.75. The standard InChI is InChI=1S/C21H30N4O2/c1-15(2)7-8-25-14-19(10-22-25)20(21(26)27)24(4)11-16-5-6-17-12-23(3)13-18(17)9-16/h5-6,9-10,14-15,20H,7-8,11-13H2,1-4H3,(H,26,27)/t20-/m1/s1. The van der Waals surface area contributed by atoms with Crippen LogP contribution in [0.15, 0.2) is 30.6 Å². The van der Waals surface area contributed by atoms with Gasteiger partial charge in [-0.05, 0) is 43.1 Å². The third-order valence-corrected chi connectivity index (χ3v) is 5.16. The first-order valence-corrected chi connectivity index (χ1v) is 9.58. The molecular weight excluding hydrogens is 340 g/mol. The van der Waals surface area contributed by atoms with Crippen molar-refractivity contribution < 1.29 is 9.90 Å². The number of rotatable bonds is 8. The third-order valence-electron chi connectivity index (χ3n) is 5.16. The molecule has 1 aliphatic heterocycles. The molecule has 0 unspecified atom stereocenters. The Hall–Kier alpha value is -2.18. The average Bonchev–Trinajstić information content (AvgIpc) is 3.18. The molecule has 1 atom stereocenters. The molecule has 1 aromatic carbocycles. The number of likely N-dealkylation sites (N-methyl/N-ethyl adjacent to an activating group) is 1. The van der Waals surface area contributed by atoms with Crippen LogP contribution in [-0.2, 0) is 31.0 Å². The van der Waals surface area contributed by atoms with Crippen molar-refractivity contribution in [2.24, 2.45) is 5.92 Å². The van der Waals surface area contributed by atoms with Gasteiger partial charge < -0.3 is 5.11 Å². The lowest BCUT2D eigenvalue weighted by Crippen LogP contribution is -2.30. The Morgan fingerprint density at radius 2 is 2.04 bits per heavy atom. The van der Waals surface area contributed by atoms with Crippen LogP contribution in [0.3, 0.4) is 0 Å². The van der Waals surface area contributed by atoms with E-state index in [9.17, 15) is 9.90 Å². The van der Waals surface area contributed by atoms with E-state index in [1.807, 2.05) is 22.8 Å². The van der Waals surface area contributed by atoms with Gasteiger partial charge in [-0.3, -0.25) is 19.3 Å². The molecule has 27 heavy (non-hydrogen) atoms. The van der Waals surface area contributed by atoms with Gasteiger partial charge in [0.15, 0.2) is 0 Å². The van der Waals surface area contributed by atoms with Gasteiger partial charge in [0.25, 0.3) is 0 Å². The van der Waals surface area contributed by atoms with Gasteiger partial charge in [0.05, 0.1) is 6.20 Å². The van der Waals surface area contributed by atoms with Gasteiger partial charge in [-0.2, -0.15) is 5.10 Å². The Balaban J connectivity index is 1.72. The van der Waals surface area contributed by atoms with Crippen LogP contribution in [0.2, 0.25) is 0 Å². The number of fused-ring (bicyclic) bond motifs is 1. The van der Waals surface area contributed by atoms with E-state index in [4.69, 9.17) is 0 Å². The number of hydrogen-bond donors (Lipinski definition) is 1. The molecule has 0 bridgehead atoms. The van der Waals surface area contributed by atoms with E-state index < -0.39 is 12.0 Å². The maximum atomic E-state index is 12.0. The van der Waals surface area contributed by atoms with E-state index in [0.717, 1.165) is 37.2 Å². The highest BCUT2D eigenvalue weighted by Gasteiger charge is 2.26. The minimum atomic E-state index is -0.846. The van der Waals surface area contributed by atoms with Crippen LogP contribution in [0.4, 0.5) is 0 Å². The Morgan fingerprint density at radius 1 is 1.30 bits per heavy atom. The van der Waals surface area contributed by atoms with Crippen LogP contribution >= 0.6 is 0 Å². The van der Waals surface area contributed by atoms with Crippen LogP contribution < -0.4 is 0 Å². The molecule has 0 saturated carbocycles. The maximum Gasteiger partial charge on any atom is 0.325 e. The molecule has 0 fully saturated rings. The first kappa shape index (κ1) is 19.6. The van der Waals surface area contributed by atoms with Crippen LogP contribution in [0, 0.1) is 5.92 Å². The van der Waals surface area contributed by atoms with Crippen LogP contribution in [0.5, 0.6) is 0 Å². The molecule has 0 radical (unpaired) electrons. The van der Waals surface area contributed by atoms with Crippen molar-refractivity contribution in [3.63, 3.8) is 0 Å². The number of nitrogens with zero attached hydrogens (tertiary/aromatic N) is 4. The smallest absolute Gasteiger partial charge is 0.325 e. The third kappa shape index (κ3) is 4.76. The second kappa shape index (κ2) is 8.23. The van der Waals surface area contributed by atoms with E-state index in [1.165, 1.54) is 11.1 Å². The predicted molar refractivity (Wildman–Crippen MR) is 105 cm³/mol. The number of carbonyl (C=O) groups is 1. The van der Waals surface area contributed by atoms with E-state index in [0.29, 0.717) is 12.5 Å². The van der Waals surface area contributed by atoms with Gasteiger partial charge in [0.1, 0.15) is 6.04 Å². The number of benzene rings is 1. The van der Waals surface area contributed by atoms with Crippen LogP contribution in [-0.4, -0.2) is 44.8 Å². The molecule has 1 aliphatic rings. The fourth-order valence-electron chi connectivity index (χ4n) is 3.71. The highest BCUT2D eigenvalue weighted by atomic mass is 16.4. The summed E-state index contributed by atoms with van der Waals surface area (Å²) in [6.45, 7) is 7.69. The van der Waals surface area contributed by atoms with Gasteiger partial charge in [-0.25, -0.2) is 0 Å². The predicted octanol–water partition coefficient (Wildman–Crippen LogP) is 3.13. The summed E-state index contributed by atoms with van der Waals surface area (Å²) >= 11 is 0. The summed E-state index contributed by atoms with van der Waals surface area (Å²) < 4.78 is 1.85. The molecule has 6 heteroatoms. The van der Waals surface area contributed by atoms with Crippen molar-refractivity contribution in [2.45, 2.75) is 52.5 Å². The van der Waals surface area contributed by atoms with Crippen LogP contribution in [0.1, 0.15) is 48.6 Å². The molecule has 6 nitrogen and oxygen atoms in total. The number of hydrogen-bond acceptors (Lipinski definition) is 4. The number of aromatic nitrogens is 2. The molecule has 0 spiro atoms. The number of aliphatic carboxylic acids is 1. The topological polar surface area (TPSA) is 61.6 Å². The van der Waals surface area contributed by atoms with E-state index in [1.54, 1.807) is 6.20 Å². The van der Waals surface area contributed by atoms with Gasteiger partial charge >= 0.3 is 5.97 Å². The van der Waals surface area contributed by atoms with Crippen molar-refractivity contribution in [2.75, 3.05) is 14.1 Å². The lowest BCUT2D eigenvalue weighted by Gasteiger charge is -2.24. The van der Waals surface area contributed by atoms with Gasteiger partial charge in [0, 0.05) is 37.9 Å². The summed E-state index contributed by atoms with van der Waals surface area (Å²) in [6, 6.07) is 5.79. The Kier molecular flexibility index (Phi) is 5.97. The van der Waals surface area contributed by atoms with Crippen molar-refractivity contribution in [1.29, 1.82) is 0 Å². The van der Waals surface area contributed by atoms with Crippen molar-refractivity contribution >= 4 is 5.97 Å². The van der Waals surface area contributed by atoms with Crippen LogP contribution in [0.25, 0.3) is 0 Å². The first-order chi connectivity index (χ1) is 12.8. The van der Waals surface area contributed by atoms with Crippen molar-refractivity contribution in [3.05, 3.63) is 52.8 Å². The zero-order chi connectivity index (χ0) is 19.6. The van der Waals surface area contributed by atoms with E-state index in [-0.39, 0.29) is 0 Å². The van der Waals surface area contributed by atoms with E-state index in [2.05, 4.69) is 49.1 Å². The average molecular weight is 370 g/mol. The molecule has 146 valence electrons. The fourth-order valence-corrected chi connectivity index (χ4v) is 3.71. The highest BCUT2D eigenvalue weighted by Crippen LogP contribution is 2.25. The zero-order valence-corrected chi connectivity index (χ0v) is 16.7. The number of aryl methyl sites for hydroxylation is 1. The van der Waals surface area contributed by atoms with Gasteiger partial charge in [-0.1, -0.05) is 32.0 Å². The van der Waals surface area contributed by atoms with Crippen molar-refractivity contribution in [1.82, 2.24) is 19.6 Å². The maximum absolute atomic E-state index is 12.0. The molecule has 0 amide bonds. The van der Waals surface area contributed by atoms with Gasteiger partial charge in [-0.15, -0.1) is 0 Å². The summed E-state index contributed by atoms with van der Waals surface area (Å²) in [5.74, 6) is -0.253. The summed E-state index contributed by atoms with van der Waals surface area (Å²) in [4.78, 5) is 16.1. The van der Waals surface area contributed by atoms with E-state index >= 15 is 0 Å². The molecule has 3 rings (SSSR count). The second-order valence-electron chi connectivity index (χ2n) is 8.15. The molecule has 1 N–H and O–H groups in total. The Labute approximate surface area is 161 Å². The normalized spacial score (nSPS) is 15.5. The lowest BCUT2D eigenvalue weighted by molar-refractivity contribution is -0.143. The number of carboxylic acid groups (broad SMARTS) is 1. The Bertz CT molecular complexity index is 799. The fraction of sp³-hybridized carbons (Fsp3) is 0.524. The molecule has 1 aromatic heterocycles. The largest absolute Gasteiger partial charge is 0.480 e. The Morgan fingerprint density at radius 3 is 2.74 bits per heavy atom. The molecule has 0 saturated heterocycles. The molecular formula is C21H30N4O2. The summed E-state index contributed by atoms with van der Waals surface area (Å²) in [5, 5.41) is 14.2. The number of carboxylic acids is 1. The lowest BCUT2D eigenvalue weighted by atomic mass is 10.0. The summed E-state index contributed by atoms with van der Waals surface area (Å²) in [7, 11) is 3.98. The van der Waals surface area contributed by atoms with Gasteiger partial charge in [0.2, 0.25) is 0 Å². The monoisotopic (exact) mass is 370 g/mol. The SMILES string of the molecule is CC(C)CCn1cc([C@H](C(=O)O)N(C)Cc2ccc3c(c2)CN(C)C3)cn1. The first-order valence-electron chi connectivity index (χ1n) is 9.58. The minimum Gasteiger partial charge on any atom is -0.480 e. The summed E-state index contributed by atoms with van der Waals surface area (Å²) in [5.41, 5.74) is 4.58.